The van der Waals surface area contributed by atoms with Gasteiger partial charge in [0.05, 0.1) is 17.6 Å². The van der Waals surface area contributed by atoms with Gasteiger partial charge in [-0.1, -0.05) is 0 Å². The molecule has 0 atom stereocenters. The number of urea groups is 1. The van der Waals surface area contributed by atoms with Crippen molar-refractivity contribution in [2.75, 3.05) is 18.4 Å². The summed E-state index contributed by atoms with van der Waals surface area (Å²) in [5.74, 6) is 1.57. The summed E-state index contributed by atoms with van der Waals surface area (Å²) in [6, 6.07) is 2.09. The molecule has 25 heavy (non-hydrogen) atoms. The maximum atomic E-state index is 11.2. The first-order valence-corrected chi connectivity index (χ1v) is 8.64. The Labute approximate surface area is 147 Å². The molecule has 2 amide bonds. The quantitative estimate of drug-likeness (QED) is 0.886. The number of carbonyl (C=O) groups is 1. The average molecular weight is 343 g/mol. The van der Waals surface area contributed by atoms with Gasteiger partial charge in [0.15, 0.2) is 0 Å². The lowest BCUT2D eigenvalue weighted by molar-refractivity contribution is 0.193. The number of likely N-dealkylation sites (tertiary alicyclic amines) is 1. The van der Waals surface area contributed by atoms with Crippen molar-refractivity contribution in [1.29, 1.82) is 0 Å². The molecule has 8 nitrogen and oxygen atoms in total. The van der Waals surface area contributed by atoms with Gasteiger partial charge < -0.3 is 20.5 Å². The summed E-state index contributed by atoms with van der Waals surface area (Å²) in [6.07, 6.45) is 5.28. The molecule has 2 aromatic heterocycles. The number of primary amides is 1. The fraction of sp³-hybridized carbons (Fsp3) is 0.529. The van der Waals surface area contributed by atoms with Crippen LogP contribution in [0.25, 0.3) is 11.4 Å². The number of amides is 2. The zero-order chi connectivity index (χ0) is 18.0. The molecule has 0 saturated carbocycles. The number of hydrogen-bond acceptors (Lipinski definition) is 5. The van der Waals surface area contributed by atoms with E-state index in [9.17, 15) is 4.79 Å². The van der Waals surface area contributed by atoms with E-state index in [1.165, 1.54) is 0 Å². The second kappa shape index (κ2) is 7.08. The van der Waals surface area contributed by atoms with E-state index in [1.54, 1.807) is 11.1 Å². The summed E-state index contributed by atoms with van der Waals surface area (Å²) in [5, 5.41) is 3.38. The second-order valence-electron chi connectivity index (χ2n) is 6.66. The Hall–Kier alpha value is -2.64. The number of rotatable bonds is 4. The maximum absolute atomic E-state index is 11.2. The van der Waals surface area contributed by atoms with Gasteiger partial charge in [0.2, 0.25) is 5.95 Å². The van der Waals surface area contributed by atoms with Crippen LogP contribution in [0.15, 0.2) is 18.5 Å². The Morgan fingerprint density at radius 3 is 2.68 bits per heavy atom. The highest BCUT2D eigenvalue weighted by molar-refractivity contribution is 5.72. The molecule has 0 radical (unpaired) electrons. The summed E-state index contributed by atoms with van der Waals surface area (Å²) in [6.45, 7) is 7.57. The first-order valence-electron chi connectivity index (χ1n) is 8.64. The number of piperidine rings is 1. The molecule has 2 aromatic rings. The number of aryl methyl sites for hydroxylation is 1. The molecule has 8 heteroatoms. The normalized spacial score (nSPS) is 15.6. The Morgan fingerprint density at radius 2 is 2.04 bits per heavy atom. The van der Waals surface area contributed by atoms with E-state index in [4.69, 9.17) is 5.73 Å². The number of carbonyl (C=O) groups excluding carboxylic acids is 1. The Balaban J connectivity index is 1.74. The Bertz CT molecular complexity index is 747. The van der Waals surface area contributed by atoms with Crippen LogP contribution in [0.4, 0.5) is 10.7 Å². The van der Waals surface area contributed by atoms with Crippen LogP contribution < -0.4 is 11.1 Å². The summed E-state index contributed by atoms with van der Waals surface area (Å²) in [5.41, 5.74) is 7.16. The van der Waals surface area contributed by atoms with Crippen molar-refractivity contribution in [3.63, 3.8) is 0 Å². The minimum Gasteiger partial charge on any atom is -0.351 e. The summed E-state index contributed by atoms with van der Waals surface area (Å²) in [4.78, 5) is 26.3. The molecule has 1 aliphatic heterocycles. The van der Waals surface area contributed by atoms with Crippen LogP contribution in [0.3, 0.4) is 0 Å². The molecule has 0 bridgehead atoms. The smallest absolute Gasteiger partial charge is 0.314 e. The molecule has 134 valence electrons. The second-order valence-corrected chi connectivity index (χ2v) is 6.66. The van der Waals surface area contributed by atoms with Crippen molar-refractivity contribution in [2.24, 2.45) is 5.73 Å². The fourth-order valence-corrected chi connectivity index (χ4v) is 3.29. The number of nitrogens with one attached hydrogen (secondary N) is 1. The average Bonchev–Trinajstić information content (AvgIpc) is 2.97. The first kappa shape index (κ1) is 17.2. The van der Waals surface area contributed by atoms with Gasteiger partial charge in [0.1, 0.15) is 5.82 Å². The number of imidazole rings is 1. The Kier molecular flexibility index (Phi) is 4.87. The van der Waals surface area contributed by atoms with E-state index < -0.39 is 0 Å². The lowest BCUT2D eigenvalue weighted by Gasteiger charge is -2.31. The van der Waals surface area contributed by atoms with Crippen molar-refractivity contribution < 1.29 is 4.79 Å². The highest BCUT2D eigenvalue weighted by Crippen LogP contribution is 2.24. The van der Waals surface area contributed by atoms with Crippen LogP contribution >= 0.6 is 0 Å². The van der Waals surface area contributed by atoms with E-state index in [0.29, 0.717) is 25.1 Å². The molecule has 1 fully saturated rings. The van der Waals surface area contributed by atoms with Gasteiger partial charge in [-0.15, -0.1) is 0 Å². The highest BCUT2D eigenvalue weighted by Gasteiger charge is 2.22. The lowest BCUT2D eigenvalue weighted by atomic mass is 10.1. The van der Waals surface area contributed by atoms with Crippen LogP contribution in [0.5, 0.6) is 0 Å². The van der Waals surface area contributed by atoms with Crippen LogP contribution in [-0.2, 0) is 0 Å². The third-order valence-electron chi connectivity index (χ3n) is 4.56. The molecular weight excluding hydrogens is 318 g/mol. The van der Waals surface area contributed by atoms with Crippen molar-refractivity contribution in [2.45, 2.75) is 45.7 Å². The van der Waals surface area contributed by atoms with Crippen LogP contribution in [0, 0.1) is 6.92 Å². The van der Waals surface area contributed by atoms with Crippen molar-refractivity contribution in [1.82, 2.24) is 24.4 Å². The van der Waals surface area contributed by atoms with Crippen molar-refractivity contribution >= 4 is 12.0 Å². The third-order valence-corrected chi connectivity index (χ3v) is 4.56. The molecule has 3 rings (SSSR count). The highest BCUT2D eigenvalue weighted by atomic mass is 16.2. The topological polar surface area (TPSA) is 102 Å². The molecule has 3 heterocycles. The SMILES string of the molecule is Cc1ncc(-c2ccnc(NC3CCN(C(N)=O)CC3)n2)n1C(C)C. The van der Waals surface area contributed by atoms with Gasteiger partial charge >= 0.3 is 6.03 Å². The number of aromatic nitrogens is 4. The first-order chi connectivity index (χ1) is 12.0. The zero-order valence-corrected chi connectivity index (χ0v) is 14.9. The van der Waals surface area contributed by atoms with E-state index in [0.717, 1.165) is 30.1 Å². The zero-order valence-electron chi connectivity index (χ0n) is 14.9. The standard InChI is InChI=1S/C17H25N7O/c1-11(2)24-12(3)20-10-15(24)14-4-7-19-17(22-14)21-13-5-8-23(9-6-13)16(18)25/h4,7,10-11,13H,5-6,8-9H2,1-3H3,(H2,18,25)(H,19,21,22). The lowest BCUT2D eigenvalue weighted by Crippen LogP contribution is -2.44. The largest absolute Gasteiger partial charge is 0.351 e. The van der Waals surface area contributed by atoms with Gasteiger partial charge in [-0.3, -0.25) is 0 Å². The molecule has 0 aromatic carbocycles. The Morgan fingerprint density at radius 1 is 1.32 bits per heavy atom. The number of hydrogen-bond donors (Lipinski definition) is 2. The predicted molar refractivity (Wildman–Crippen MR) is 96.2 cm³/mol. The monoisotopic (exact) mass is 343 g/mol. The van der Waals surface area contributed by atoms with Gasteiger partial charge in [-0.2, -0.15) is 0 Å². The molecule has 0 aliphatic carbocycles. The number of anilines is 1. The van der Waals surface area contributed by atoms with E-state index in [-0.39, 0.29) is 12.1 Å². The minimum atomic E-state index is -0.353. The fourth-order valence-electron chi connectivity index (χ4n) is 3.29. The van der Waals surface area contributed by atoms with E-state index in [2.05, 4.69) is 38.7 Å². The van der Waals surface area contributed by atoms with Gasteiger partial charge in [-0.25, -0.2) is 19.7 Å². The van der Waals surface area contributed by atoms with Crippen LogP contribution in [0.2, 0.25) is 0 Å². The number of nitrogens with two attached hydrogens (primary N) is 1. The van der Waals surface area contributed by atoms with Crippen molar-refractivity contribution in [3.8, 4) is 11.4 Å². The van der Waals surface area contributed by atoms with Crippen LogP contribution in [-0.4, -0.2) is 49.6 Å². The van der Waals surface area contributed by atoms with E-state index >= 15 is 0 Å². The summed E-state index contributed by atoms with van der Waals surface area (Å²) in [7, 11) is 0. The minimum absolute atomic E-state index is 0.239. The molecule has 3 N–H and O–H groups in total. The van der Waals surface area contributed by atoms with Gasteiger partial charge in [-0.05, 0) is 39.7 Å². The third kappa shape index (κ3) is 3.72. The molecular formula is C17H25N7O. The summed E-state index contributed by atoms with van der Waals surface area (Å²) >= 11 is 0. The maximum Gasteiger partial charge on any atom is 0.314 e. The van der Waals surface area contributed by atoms with Crippen molar-refractivity contribution in [3.05, 3.63) is 24.3 Å². The number of nitrogens with zero attached hydrogens (tertiary/aromatic N) is 5. The van der Waals surface area contributed by atoms with Gasteiger partial charge in [0, 0.05) is 31.4 Å². The molecule has 1 aliphatic rings. The van der Waals surface area contributed by atoms with Gasteiger partial charge in [0.25, 0.3) is 0 Å². The van der Waals surface area contributed by atoms with Crippen LogP contribution in [0.1, 0.15) is 38.6 Å². The van der Waals surface area contributed by atoms with E-state index in [1.807, 2.05) is 19.2 Å². The predicted octanol–water partition coefficient (Wildman–Crippen LogP) is 2.18. The molecule has 0 unspecified atom stereocenters. The molecule has 1 saturated heterocycles. The molecule has 0 spiro atoms. The summed E-state index contributed by atoms with van der Waals surface area (Å²) < 4.78 is 2.16.